The first-order chi connectivity index (χ1) is 7.59. The maximum absolute atomic E-state index is 11.6. The smallest absolute Gasteiger partial charge is 0.256 e. The predicted octanol–water partition coefficient (Wildman–Crippen LogP) is 0.807. The number of carbonyl (C=O) groups is 2. The van der Waals surface area contributed by atoms with Crippen LogP contribution in [0.2, 0.25) is 0 Å². The highest BCUT2D eigenvalue weighted by Gasteiger charge is 2.32. The molecule has 4 nitrogen and oxygen atoms in total. The quantitative estimate of drug-likeness (QED) is 0.554. The molecule has 0 aromatic carbocycles. The Labute approximate surface area is 99.7 Å². The summed E-state index contributed by atoms with van der Waals surface area (Å²) in [5.74, 6) is 1.27. The van der Waals surface area contributed by atoms with Crippen LogP contribution in [0.15, 0.2) is 11.1 Å². The Balaban J connectivity index is 2.35. The SMILES string of the molecule is CC1=C(C)C(=O)N(CCSCCCO)C1=O. The van der Waals surface area contributed by atoms with Gasteiger partial charge in [0.2, 0.25) is 0 Å². The molecule has 90 valence electrons. The summed E-state index contributed by atoms with van der Waals surface area (Å²) in [6.07, 6.45) is 0.753. The van der Waals surface area contributed by atoms with Gasteiger partial charge in [-0.25, -0.2) is 0 Å². The lowest BCUT2D eigenvalue weighted by Crippen LogP contribution is -2.33. The maximum Gasteiger partial charge on any atom is 0.256 e. The highest BCUT2D eigenvalue weighted by atomic mass is 32.2. The van der Waals surface area contributed by atoms with Crippen molar-refractivity contribution >= 4 is 23.6 Å². The minimum absolute atomic E-state index is 0.162. The molecule has 0 aliphatic carbocycles. The second kappa shape index (κ2) is 6.06. The number of rotatable bonds is 6. The average Bonchev–Trinajstić information content (AvgIpc) is 2.46. The van der Waals surface area contributed by atoms with Gasteiger partial charge in [-0.3, -0.25) is 14.5 Å². The van der Waals surface area contributed by atoms with E-state index in [2.05, 4.69) is 0 Å². The number of carbonyl (C=O) groups excluding carboxylic acids is 2. The van der Waals surface area contributed by atoms with Crippen molar-refractivity contribution in [2.45, 2.75) is 20.3 Å². The molecule has 0 spiro atoms. The van der Waals surface area contributed by atoms with E-state index in [1.807, 2.05) is 0 Å². The van der Waals surface area contributed by atoms with Crippen LogP contribution in [0.1, 0.15) is 20.3 Å². The maximum atomic E-state index is 11.6. The minimum atomic E-state index is -0.162. The van der Waals surface area contributed by atoms with E-state index in [-0.39, 0.29) is 18.4 Å². The lowest BCUT2D eigenvalue weighted by atomic mass is 10.2. The van der Waals surface area contributed by atoms with Crippen molar-refractivity contribution in [3.05, 3.63) is 11.1 Å². The number of amides is 2. The number of aliphatic hydroxyl groups excluding tert-OH is 1. The second-order valence-corrected chi connectivity index (χ2v) is 4.93. The number of thioether (sulfide) groups is 1. The van der Waals surface area contributed by atoms with Gasteiger partial charge in [-0.05, 0) is 26.0 Å². The first kappa shape index (κ1) is 13.3. The van der Waals surface area contributed by atoms with Crippen LogP contribution in [0, 0.1) is 0 Å². The average molecular weight is 243 g/mol. The normalized spacial score (nSPS) is 16.6. The Bertz CT molecular complexity index is 301. The van der Waals surface area contributed by atoms with Gasteiger partial charge in [0.1, 0.15) is 0 Å². The van der Waals surface area contributed by atoms with Crippen LogP contribution >= 0.6 is 11.8 Å². The van der Waals surface area contributed by atoms with Crippen molar-refractivity contribution < 1.29 is 14.7 Å². The Morgan fingerprint density at radius 3 is 2.19 bits per heavy atom. The van der Waals surface area contributed by atoms with Crippen LogP contribution < -0.4 is 0 Å². The lowest BCUT2D eigenvalue weighted by molar-refractivity contribution is -0.137. The Morgan fingerprint density at radius 1 is 1.12 bits per heavy atom. The molecule has 5 heteroatoms. The standard InChI is InChI=1S/C11H17NO3S/c1-8-9(2)11(15)12(10(8)14)4-7-16-6-3-5-13/h13H,3-7H2,1-2H3. The molecule has 0 aromatic heterocycles. The number of nitrogens with zero attached hydrogens (tertiary/aromatic N) is 1. The van der Waals surface area contributed by atoms with Crippen molar-refractivity contribution in [3.8, 4) is 0 Å². The van der Waals surface area contributed by atoms with Gasteiger partial charge in [0.15, 0.2) is 0 Å². The van der Waals surface area contributed by atoms with Gasteiger partial charge in [-0.2, -0.15) is 11.8 Å². The van der Waals surface area contributed by atoms with Crippen molar-refractivity contribution in [2.75, 3.05) is 24.7 Å². The van der Waals surface area contributed by atoms with Gasteiger partial charge in [0, 0.05) is 30.1 Å². The molecule has 1 aliphatic heterocycles. The highest BCUT2D eigenvalue weighted by molar-refractivity contribution is 7.99. The molecule has 1 N–H and O–H groups in total. The van der Waals surface area contributed by atoms with Crippen LogP contribution in [0.5, 0.6) is 0 Å². The molecule has 0 fully saturated rings. The molecule has 1 aliphatic rings. The summed E-state index contributed by atoms with van der Waals surface area (Å²) in [5.41, 5.74) is 1.12. The van der Waals surface area contributed by atoms with Gasteiger partial charge in [-0.15, -0.1) is 0 Å². The fourth-order valence-electron chi connectivity index (χ4n) is 1.45. The summed E-state index contributed by atoms with van der Waals surface area (Å²) in [4.78, 5) is 24.6. The molecule has 16 heavy (non-hydrogen) atoms. The molecule has 0 saturated carbocycles. The van der Waals surface area contributed by atoms with E-state index in [4.69, 9.17) is 5.11 Å². The van der Waals surface area contributed by atoms with E-state index in [1.165, 1.54) is 4.90 Å². The summed E-state index contributed by atoms with van der Waals surface area (Å²) in [5, 5.41) is 8.59. The van der Waals surface area contributed by atoms with Crippen LogP contribution in [0.4, 0.5) is 0 Å². The molecule has 0 aromatic rings. The van der Waals surface area contributed by atoms with Gasteiger partial charge in [0.25, 0.3) is 11.8 Å². The van der Waals surface area contributed by atoms with E-state index in [0.29, 0.717) is 17.7 Å². The fourth-order valence-corrected chi connectivity index (χ4v) is 2.29. The Morgan fingerprint density at radius 2 is 1.69 bits per heavy atom. The molecule has 0 unspecified atom stereocenters. The number of hydrogen-bond donors (Lipinski definition) is 1. The molecular weight excluding hydrogens is 226 g/mol. The zero-order chi connectivity index (χ0) is 12.1. The zero-order valence-electron chi connectivity index (χ0n) is 9.65. The largest absolute Gasteiger partial charge is 0.396 e. The predicted molar refractivity (Wildman–Crippen MR) is 64.1 cm³/mol. The number of aliphatic hydroxyl groups is 1. The van der Waals surface area contributed by atoms with Crippen molar-refractivity contribution in [2.24, 2.45) is 0 Å². The first-order valence-corrected chi connectivity index (χ1v) is 6.47. The van der Waals surface area contributed by atoms with E-state index < -0.39 is 0 Å². The molecule has 1 rings (SSSR count). The van der Waals surface area contributed by atoms with Gasteiger partial charge >= 0.3 is 0 Å². The third-order valence-corrected chi connectivity index (χ3v) is 3.65. The zero-order valence-corrected chi connectivity index (χ0v) is 10.5. The van der Waals surface area contributed by atoms with Crippen LogP contribution in [-0.4, -0.2) is 46.5 Å². The monoisotopic (exact) mass is 243 g/mol. The lowest BCUT2D eigenvalue weighted by Gasteiger charge is -2.14. The summed E-state index contributed by atoms with van der Waals surface area (Å²) in [6, 6.07) is 0. The Kier molecular flexibility index (Phi) is 5.02. The van der Waals surface area contributed by atoms with Gasteiger partial charge < -0.3 is 5.11 Å². The summed E-state index contributed by atoms with van der Waals surface area (Å²) in [7, 11) is 0. The molecule has 0 radical (unpaired) electrons. The molecule has 2 amide bonds. The topological polar surface area (TPSA) is 57.6 Å². The summed E-state index contributed by atoms with van der Waals surface area (Å²) >= 11 is 1.65. The molecule has 0 saturated heterocycles. The van der Waals surface area contributed by atoms with Crippen LogP contribution in [0.25, 0.3) is 0 Å². The second-order valence-electron chi connectivity index (χ2n) is 3.70. The molecule has 1 heterocycles. The third kappa shape index (κ3) is 2.86. The highest BCUT2D eigenvalue weighted by Crippen LogP contribution is 2.19. The van der Waals surface area contributed by atoms with Crippen LogP contribution in [-0.2, 0) is 9.59 Å². The molecule has 0 atom stereocenters. The van der Waals surface area contributed by atoms with Crippen molar-refractivity contribution in [3.63, 3.8) is 0 Å². The van der Waals surface area contributed by atoms with Crippen LogP contribution in [0.3, 0.4) is 0 Å². The van der Waals surface area contributed by atoms with Gasteiger partial charge in [-0.1, -0.05) is 0 Å². The third-order valence-electron chi connectivity index (χ3n) is 2.60. The summed E-state index contributed by atoms with van der Waals surface area (Å²) in [6.45, 7) is 4.03. The number of imide groups is 1. The molecular formula is C11H17NO3S. The summed E-state index contributed by atoms with van der Waals surface area (Å²) < 4.78 is 0. The van der Waals surface area contributed by atoms with E-state index in [0.717, 1.165) is 17.9 Å². The molecule has 0 bridgehead atoms. The first-order valence-electron chi connectivity index (χ1n) is 5.32. The fraction of sp³-hybridized carbons (Fsp3) is 0.636. The van der Waals surface area contributed by atoms with E-state index >= 15 is 0 Å². The van der Waals surface area contributed by atoms with Crippen molar-refractivity contribution in [1.29, 1.82) is 0 Å². The van der Waals surface area contributed by atoms with E-state index in [9.17, 15) is 9.59 Å². The Hall–Kier alpha value is -0.810. The van der Waals surface area contributed by atoms with E-state index in [1.54, 1.807) is 25.6 Å². The minimum Gasteiger partial charge on any atom is -0.396 e. The van der Waals surface area contributed by atoms with Gasteiger partial charge in [0.05, 0.1) is 0 Å². The number of hydrogen-bond acceptors (Lipinski definition) is 4. The van der Waals surface area contributed by atoms with Crippen molar-refractivity contribution in [1.82, 2.24) is 4.90 Å².